The van der Waals surface area contributed by atoms with Crippen molar-refractivity contribution in [2.24, 2.45) is 0 Å². The summed E-state index contributed by atoms with van der Waals surface area (Å²) in [6, 6.07) is 0. The highest BCUT2D eigenvalue weighted by molar-refractivity contribution is 7.46. The first kappa shape index (κ1) is 41.8. The second kappa shape index (κ2) is 30.8. The van der Waals surface area contributed by atoms with E-state index in [2.05, 4.69) is 24.4 Å². The molecule has 0 heterocycles. The molecule has 0 aromatic heterocycles. The van der Waals surface area contributed by atoms with E-state index in [0.29, 0.717) is 6.42 Å². The average Bonchev–Trinajstić information content (AvgIpc) is 2.97. The van der Waals surface area contributed by atoms with Crippen LogP contribution in [0.25, 0.3) is 0 Å². The van der Waals surface area contributed by atoms with Crippen LogP contribution in [0.3, 0.4) is 0 Å². The summed E-state index contributed by atoms with van der Waals surface area (Å²) in [6.45, 7) is 3.62. The molecule has 0 aliphatic rings. The van der Waals surface area contributed by atoms with Crippen LogP contribution in [0.1, 0.15) is 174 Å². The summed E-state index contributed by atoms with van der Waals surface area (Å²) in [5.41, 5.74) is 0. The zero-order valence-corrected chi connectivity index (χ0v) is 28.5. The van der Waals surface area contributed by atoms with Crippen molar-refractivity contribution in [1.29, 1.82) is 0 Å². The van der Waals surface area contributed by atoms with E-state index < -0.39 is 32.5 Å². The van der Waals surface area contributed by atoms with E-state index in [1.807, 2.05) is 6.08 Å². The molecule has 0 aromatic carbocycles. The number of rotatable bonds is 32. The number of unbranched alkanes of at least 4 members (excludes halogenated alkanes) is 20. The van der Waals surface area contributed by atoms with Gasteiger partial charge in [0.2, 0.25) is 0 Å². The molecule has 0 bridgehead atoms. The third-order valence-corrected chi connectivity index (χ3v) is 8.03. The molecule has 0 aliphatic heterocycles. The fourth-order valence-corrected chi connectivity index (χ4v) is 5.28. The molecule has 0 aromatic rings. The number of phosphoric ester groups is 1. The molecule has 0 spiro atoms. The van der Waals surface area contributed by atoms with Gasteiger partial charge in [0, 0.05) is 12.8 Å². The fourth-order valence-electron chi connectivity index (χ4n) is 4.92. The summed E-state index contributed by atoms with van der Waals surface area (Å²) >= 11 is 0. The molecule has 0 amide bonds. The molecule has 0 fully saturated rings. The topological polar surface area (TPSA) is 119 Å². The van der Waals surface area contributed by atoms with Crippen LogP contribution in [0.4, 0.5) is 0 Å². The number of esters is 2. The summed E-state index contributed by atoms with van der Waals surface area (Å²) in [4.78, 5) is 42.5. The van der Waals surface area contributed by atoms with Crippen molar-refractivity contribution in [2.45, 2.75) is 180 Å². The molecule has 254 valence electrons. The maximum absolute atomic E-state index is 12.3. The molecule has 43 heavy (non-hydrogen) atoms. The van der Waals surface area contributed by atoms with Crippen LogP contribution in [0.5, 0.6) is 0 Å². The smallest absolute Gasteiger partial charge is 0.462 e. The first-order chi connectivity index (χ1) is 20.8. The van der Waals surface area contributed by atoms with Crippen LogP contribution in [0, 0.1) is 0 Å². The Labute approximate surface area is 263 Å². The molecule has 0 unspecified atom stereocenters. The standard InChI is InChI=1S/C34H65O8P/c1-3-5-7-9-11-13-15-16-17-18-19-21-23-25-27-29-34(36)42-32(31-41-43(37,38)39)30-40-33(35)28-26-24-22-20-14-12-10-8-6-4-2/h23,25,32H,3-22,24,26-31H2,1-2H3,(H2,37,38,39)/b25-23+/t32-/m1/s1. The lowest BCUT2D eigenvalue weighted by atomic mass is 10.1. The Morgan fingerprint density at radius 2 is 1.02 bits per heavy atom. The summed E-state index contributed by atoms with van der Waals surface area (Å²) < 4.78 is 26.1. The van der Waals surface area contributed by atoms with Gasteiger partial charge in [0.05, 0.1) is 6.61 Å². The van der Waals surface area contributed by atoms with Gasteiger partial charge in [-0.25, -0.2) is 4.57 Å². The number of allylic oxidation sites excluding steroid dienone is 2. The van der Waals surface area contributed by atoms with Gasteiger partial charge >= 0.3 is 19.8 Å². The average molecular weight is 633 g/mol. The Morgan fingerprint density at radius 3 is 1.51 bits per heavy atom. The molecule has 1 atom stereocenters. The lowest BCUT2D eigenvalue weighted by Crippen LogP contribution is -2.29. The van der Waals surface area contributed by atoms with Crippen LogP contribution < -0.4 is 0 Å². The van der Waals surface area contributed by atoms with Crippen molar-refractivity contribution in [3.05, 3.63) is 12.2 Å². The van der Waals surface area contributed by atoms with Crippen molar-refractivity contribution in [3.8, 4) is 0 Å². The van der Waals surface area contributed by atoms with Gasteiger partial charge in [-0.05, 0) is 25.7 Å². The van der Waals surface area contributed by atoms with Gasteiger partial charge in [-0.1, -0.05) is 148 Å². The zero-order chi connectivity index (χ0) is 31.9. The van der Waals surface area contributed by atoms with Crippen LogP contribution >= 0.6 is 7.82 Å². The molecule has 0 saturated heterocycles. The lowest BCUT2D eigenvalue weighted by Gasteiger charge is -2.18. The minimum absolute atomic E-state index is 0.133. The third kappa shape index (κ3) is 33.5. The Morgan fingerprint density at radius 1 is 0.581 bits per heavy atom. The van der Waals surface area contributed by atoms with Crippen LogP contribution in [0.2, 0.25) is 0 Å². The maximum Gasteiger partial charge on any atom is 0.469 e. The van der Waals surface area contributed by atoms with Gasteiger partial charge in [0.1, 0.15) is 6.61 Å². The van der Waals surface area contributed by atoms with E-state index in [0.717, 1.165) is 32.1 Å². The van der Waals surface area contributed by atoms with Gasteiger partial charge < -0.3 is 19.3 Å². The summed E-state index contributed by atoms with van der Waals surface area (Å²) in [5.74, 6) is -0.938. The molecular formula is C34H65O8P. The van der Waals surface area contributed by atoms with Crippen molar-refractivity contribution in [2.75, 3.05) is 13.2 Å². The molecule has 0 aliphatic carbocycles. The number of carbonyl (C=O) groups excluding carboxylic acids is 2. The molecule has 2 N–H and O–H groups in total. The minimum atomic E-state index is -4.75. The minimum Gasteiger partial charge on any atom is -0.462 e. The Bertz CT molecular complexity index is 721. The largest absolute Gasteiger partial charge is 0.469 e. The molecule has 8 nitrogen and oxygen atoms in total. The maximum atomic E-state index is 12.3. The van der Waals surface area contributed by atoms with Crippen molar-refractivity contribution >= 4 is 19.8 Å². The van der Waals surface area contributed by atoms with Gasteiger partial charge in [-0.15, -0.1) is 0 Å². The van der Waals surface area contributed by atoms with E-state index in [1.54, 1.807) is 0 Å². The number of hydrogen-bond acceptors (Lipinski definition) is 6. The van der Waals surface area contributed by atoms with Crippen molar-refractivity contribution < 1.29 is 37.9 Å². The Hall–Kier alpha value is -1.21. The molecule has 0 saturated carbocycles. The predicted octanol–water partition coefficient (Wildman–Crippen LogP) is 9.90. The first-order valence-electron chi connectivity index (χ1n) is 17.5. The highest BCUT2D eigenvalue weighted by Crippen LogP contribution is 2.35. The monoisotopic (exact) mass is 632 g/mol. The van der Waals surface area contributed by atoms with Crippen LogP contribution in [-0.2, 0) is 28.2 Å². The lowest BCUT2D eigenvalue weighted by molar-refractivity contribution is -0.161. The van der Waals surface area contributed by atoms with E-state index in [1.165, 1.54) is 109 Å². The third-order valence-electron chi connectivity index (χ3n) is 7.55. The number of ether oxygens (including phenoxy) is 2. The summed E-state index contributed by atoms with van der Waals surface area (Å²) in [5, 5.41) is 0. The predicted molar refractivity (Wildman–Crippen MR) is 175 cm³/mol. The molecule has 0 radical (unpaired) electrons. The fraction of sp³-hybridized carbons (Fsp3) is 0.882. The van der Waals surface area contributed by atoms with E-state index in [9.17, 15) is 14.2 Å². The highest BCUT2D eigenvalue weighted by atomic mass is 31.2. The normalized spacial score (nSPS) is 12.6. The number of carbonyl (C=O) groups is 2. The highest BCUT2D eigenvalue weighted by Gasteiger charge is 2.22. The quantitative estimate of drug-likeness (QED) is 0.0325. The molecule has 9 heteroatoms. The van der Waals surface area contributed by atoms with Crippen LogP contribution in [0.15, 0.2) is 12.2 Å². The molecule has 0 rings (SSSR count). The SMILES string of the molecule is CCCCCCCCCCCCC/C=C/CCC(=O)O[C@H](COC(=O)CCCCCCCCCCCC)COP(=O)(O)O. The summed E-state index contributed by atoms with van der Waals surface area (Å²) in [6.07, 6.45) is 30.9. The number of hydrogen-bond donors (Lipinski definition) is 2. The van der Waals surface area contributed by atoms with E-state index >= 15 is 0 Å². The second-order valence-electron chi connectivity index (χ2n) is 11.8. The van der Waals surface area contributed by atoms with Gasteiger partial charge in [-0.2, -0.15) is 0 Å². The van der Waals surface area contributed by atoms with Gasteiger partial charge in [0.25, 0.3) is 0 Å². The van der Waals surface area contributed by atoms with Crippen LogP contribution in [-0.4, -0.2) is 41.0 Å². The van der Waals surface area contributed by atoms with Crippen molar-refractivity contribution in [1.82, 2.24) is 0 Å². The van der Waals surface area contributed by atoms with E-state index in [4.69, 9.17) is 19.3 Å². The second-order valence-corrected chi connectivity index (χ2v) is 13.1. The first-order valence-corrected chi connectivity index (χ1v) is 19.0. The van der Waals surface area contributed by atoms with Gasteiger partial charge in [0.15, 0.2) is 6.10 Å². The van der Waals surface area contributed by atoms with Gasteiger partial charge in [-0.3, -0.25) is 14.1 Å². The Balaban J connectivity index is 4.02. The zero-order valence-electron chi connectivity index (χ0n) is 27.6. The summed E-state index contributed by atoms with van der Waals surface area (Å²) in [7, 11) is -4.75. The molecular weight excluding hydrogens is 567 g/mol. The van der Waals surface area contributed by atoms with E-state index in [-0.39, 0.29) is 19.4 Å². The van der Waals surface area contributed by atoms with Crippen molar-refractivity contribution in [3.63, 3.8) is 0 Å². The number of phosphoric acid groups is 1. The Kier molecular flexibility index (Phi) is 29.9.